The summed E-state index contributed by atoms with van der Waals surface area (Å²) in [5, 5.41) is 0. The molecule has 2 nitrogen and oxygen atoms in total. The molecule has 1 aliphatic heterocycles. The van der Waals surface area contributed by atoms with Gasteiger partial charge in [0, 0.05) is 0 Å². The van der Waals surface area contributed by atoms with E-state index >= 15 is 0 Å². The molecule has 0 aliphatic carbocycles. The van der Waals surface area contributed by atoms with Crippen molar-refractivity contribution in [2.75, 3.05) is 27.2 Å². The van der Waals surface area contributed by atoms with E-state index in [0.29, 0.717) is 0 Å². The van der Waals surface area contributed by atoms with Gasteiger partial charge >= 0.3 is 50.8 Å². The maximum atomic E-state index is 2.43. The number of hydrogen-bond acceptors (Lipinski definition) is 2. The van der Waals surface area contributed by atoms with Crippen molar-refractivity contribution in [3.05, 3.63) is 0 Å². The van der Waals surface area contributed by atoms with Gasteiger partial charge in [-0.1, -0.05) is 0 Å². The number of hydrogen-bond donors (Lipinski definition) is 0. The van der Waals surface area contributed by atoms with Gasteiger partial charge < -0.3 is 0 Å². The molecule has 1 rings (SSSR count). The Morgan fingerprint density at radius 1 is 1.14 bits per heavy atom. The van der Waals surface area contributed by atoms with Gasteiger partial charge in [-0.05, 0) is 0 Å². The average Bonchev–Trinajstić information content (AvgIpc) is 1.87. The molecule has 0 aromatic heterocycles. The Morgan fingerprint density at radius 2 is 1.57 bits per heavy atom. The van der Waals surface area contributed by atoms with Crippen LogP contribution >= 0.6 is 0 Å². The molecule has 0 spiro atoms. The van der Waals surface area contributed by atoms with Crippen LogP contribution in [-0.4, -0.2) is 50.8 Å². The second-order valence-corrected chi connectivity index (χ2v) is 5.57. The van der Waals surface area contributed by atoms with Crippen LogP contribution in [0.15, 0.2) is 0 Å². The summed E-state index contributed by atoms with van der Waals surface area (Å²) < 4.78 is 4.86. The van der Waals surface area contributed by atoms with Gasteiger partial charge in [0.15, 0.2) is 0 Å². The topological polar surface area (TPSA) is 6.48 Å². The summed E-state index contributed by atoms with van der Waals surface area (Å²) in [6.45, 7) is 2.58. The van der Waals surface area contributed by atoms with Crippen LogP contribution in [0.1, 0.15) is 0 Å². The number of rotatable bonds is 0. The molecule has 1 saturated heterocycles. The number of likely N-dealkylation sites (N-methyl/N-ethyl adjacent to an activating group) is 2. The summed E-state index contributed by atoms with van der Waals surface area (Å²) in [6.07, 6.45) is 0. The Kier molecular flexibility index (Phi) is 1.72. The first-order valence-corrected chi connectivity index (χ1v) is 4.35. The standard InChI is InChI=1S/C4H10GeN2/c1-6-3-4-7(2)5-6/h3-4H2,1-2H3. The molecule has 2 radical (unpaired) electrons. The van der Waals surface area contributed by atoms with Crippen molar-refractivity contribution in [1.82, 2.24) is 7.71 Å². The van der Waals surface area contributed by atoms with Gasteiger partial charge in [-0.3, -0.25) is 0 Å². The van der Waals surface area contributed by atoms with Gasteiger partial charge in [-0.2, -0.15) is 0 Å². The Balaban J connectivity index is 2.26. The molecular formula is C4H10GeN2. The fraction of sp³-hybridized carbons (Fsp3) is 1.00. The van der Waals surface area contributed by atoms with Crippen LogP contribution in [0.25, 0.3) is 0 Å². The monoisotopic (exact) mass is 160 g/mol. The third-order valence-electron chi connectivity index (χ3n) is 1.11. The molecule has 1 aliphatic rings. The predicted octanol–water partition coefficient (Wildman–Crippen LogP) is -0.602. The minimum absolute atomic E-state index is 0.167. The van der Waals surface area contributed by atoms with E-state index in [0.717, 1.165) is 0 Å². The van der Waals surface area contributed by atoms with Gasteiger partial charge in [0.25, 0.3) is 0 Å². The third kappa shape index (κ3) is 1.44. The molecule has 0 atom stereocenters. The molecule has 1 heterocycles. The molecule has 3 heteroatoms. The van der Waals surface area contributed by atoms with Crippen molar-refractivity contribution in [1.29, 1.82) is 0 Å². The SMILES string of the molecule is C[N]1CC[N](C)[Ge]1. The molecule has 0 unspecified atom stereocenters. The van der Waals surface area contributed by atoms with Gasteiger partial charge in [-0.15, -0.1) is 0 Å². The van der Waals surface area contributed by atoms with Crippen molar-refractivity contribution in [3.63, 3.8) is 0 Å². The molecule has 0 bridgehead atoms. The van der Waals surface area contributed by atoms with E-state index in [1.807, 2.05) is 0 Å². The van der Waals surface area contributed by atoms with E-state index in [-0.39, 0.29) is 15.9 Å². The van der Waals surface area contributed by atoms with Crippen LogP contribution in [0.5, 0.6) is 0 Å². The Bertz CT molecular complexity index is 58.7. The maximum absolute atomic E-state index is 2.43. The third-order valence-corrected chi connectivity index (χ3v) is 3.48. The fourth-order valence-corrected chi connectivity index (χ4v) is 2.75. The normalized spacial score (nSPS) is 26.6. The Morgan fingerprint density at radius 3 is 1.71 bits per heavy atom. The second kappa shape index (κ2) is 2.15. The summed E-state index contributed by atoms with van der Waals surface area (Å²) in [5.74, 6) is 0. The summed E-state index contributed by atoms with van der Waals surface area (Å²) >= 11 is 0.167. The van der Waals surface area contributed by atoms with Crippen LogP contribution in [0, 0.1) is 0 Å². The quantitative estimate of drug-likeness (QED) is 0.435. The van der Waals surface area contributed by atoms with Crippen molar-refractivity contribution >= 4 is 15.9 Å². The van der Waals surface area contributed by atoms with Crippen molar-refractivity contribution in [3.8, 4) is 0 Å². The zero-order valence-electron chi connectivity index (χ0n) is 4.81. The minimum atomic E-state index is 0.167. The molecule has 0 aromatic carbocycles. The Hall–Kier alpha value is 0.463. The molecule has 40 valence electrons. The second-order valence-electron chi connectivity index (χ2n) is 1.94. The molecule has 1 fully saturated rings. The van der Waals surface area contributed by atoms with Gasteiger partial charge in [0.2, 0.25) is 0 Å². The summed E-state index contributed by atoms with van der Waals surface area (Å²) in [4.78, 5) is 0. The van der Waals surface area contributed by atoms with Crippen LogP contribution in [0.2, 0.25) is 0 Å². The van der Waals surface area contributed by atoms with Crippen LogP contribution < -0.4 is 0 Å². The van der Waals surface area contributed by atoms with Gasteiger partial charge in [0.05, 0.1) is 0 Å². The molecule has 0 saturated carbocycles. The van der Waals surface area contributed by atoms with Crippen molar-refractivity contribution in [2.24, 2.45) is 0 Å². The van der Waals surface area contributed by atoms with E-state index in [2.05, 4.69) is 21.8 Å². The molecule has 0 amide bonds. The first-order valence-electron chi connectivity index (χ1n) is 2.47. The number of nitrogens with zero attached hydrogens (tertiary/aromatic N) is 2. The first-order chi connectivity index (χ1) is 3.29. The van der Waals surface area contributed by atoms with Crippen LogP contribution in [0.3, 0.4) is 0 Å². The first kappa shape index (κ1) is 5.60. The molecule has 0 aromatic rings. The van der Waals surface area contributed by atoms with Crippen LogP contribution in [-0.2, 0) is 0 Å². The Labute approximate surface area is 51.4 Å². The van der Waals surface area contributed by atoms with E-state index < -0.39 is 0 Å². The molecular weight excluding hydrogens is 149 g/mol. The van der Waals surface area contributed by atoms with Crippen LogP contribution in [0.4, 0.5) is 0 Å². The molecule has 7 heavy (non-hydrogen) atoms. The predicted molar refractivity (Wildman–Crippen MR) is 31.0 cm³/mol. The fourth-order valence-electron chi connectivity index (χ4n) is 0.691. The van der Waals surface area contributed by atoms with Crippen molar-refractivity contribution < 1.29 is 0 Å². The van der Waals surface area contributed by atoms with Gasteiger partial charge in [0.1, 0.15) is 0 Å². The van der Waals surface area contributed by atoms with E-state index in [1.165, 1.54) is 13.1 Å². The summed E-state index contributed by atoms with van der Waals surface area (Å²) in [5.41, 5.74) is 0. The van der Waals surface area contributed by atoms with E-state index in [1.54, 1.807) is 0 Å². The average molecular weight is 159 g/mol. The van der Waals surface area contributed by atoms with E-state index in [9.17, 15) is 0 Å². The van der Waals surface area contributed by atoms with E-state index in [4.69, 9.17) is 0 Å². The summed E-state index contributed by atoms with van der Waals surface area (Å²) in [6, 6.07) is 0. The van der Waals surface area contributed by atoms with Gasteiger partial charge in [-0.25, -0.2) is 0 Å². The summed E-state index contributed by atoms with van der Waals surface area (Å²) in [7, 11) is 4.40. The molecule has 0 N–H and O–H groups in total. The van der Waals surface area contributed by atoms with Crippen molar-refractivity contribution in [2.45, 2.75) is 0 Å². The zero-order chi connectivity index (χ0) is 5.28. The zero-order valence-corrected chi connectivity index (χ0v) is 6.91.